The Bertz CT molecular complexity index is 1440. The van der Waals surface area contributed by atoms with Crippen molar-refractivity contribution in [3.8, 4) is 0 Å². The lowest BCUT2D eigenvalue weighted by Crippen LogP contribution is -2.36. The maximum atomic E-state index is 6.66. The van der Waals surface area contributed by atoms with Gasteiger partial charge >= 0.3 is 0 Å². The van der Waals surface area contributed by atoms with E-state index >= 15 is 0 Å². The molecule has 2 fully saturated rings. The summed E-state index contributed by atoms with van der Waals surface area (Å²) >= 11 is 0. The highest BCUT2D eigenvalue weighted by Gasteiger charge is 2.52. The average Bonchev–Trinajstić information content (AvgIpc) is 3.66. The highest BCUT2D eigenvalue weighted by Crippen LogP contribution is 2.47. The van der Waals surface area contributed by atoms with E-state index in [0.29, 0.717) is 0 Å². The predicted octanol–water partition coefficient (Wildman–Crippen LogP) is 9.81. The van der Waals surface area contributed by atoms with Gasteiger partial charge in [0, 0.05) is 50.9 Å². The van der Waals surface area contributed by atoms with Gasteiger partial charge in [0.1, 0.15) is 6.54 Å². The lowest BCUT2D eigenvalue weighted by atomic mass is 9.83. The monoisotopic (exact) mass is 561 g/mol. The molecule has 1 aliphatic carbocycles. The fourth-order valence-electron chi connectivity index (χ4n) is 7.76. The van der Waals surface area contributed by atoms with Crippen LogP contribution in [0.5, 0.6) is 0 Å². The Kier molecular flexibility index (Phi) is 9.24. The minimum Gasteiger partial charge on any atom is -0.372 e. The number of nitrogens with zero attached hydrogens (tertiary/aromatic N) is 2. The van der Waals surface area contributed by atoms with E-state index in [1.54, 1.807) is 0 Å². The summed E-state index contributed by atoms with van der Waals surface area (Å²) in [7, 11) is 1.90. The van der Waals surface area contributed by atoms with Gasteiger partial charge in [-0.25, -0.2) is 0 Å². The highest BCUT2D eigenvalue weighted by molar-refractivity contribution is 6.09. The van der Waals surface area contributed by atoms with Crippen molar-refractivity contribution in [1.29, 1.82) is 0 Å². The molecule has 0 amide bonds. The Morgan fingerprint density at radius 3 is 2.43 bits per heavy atom. The van der Waals surface area contributed by atoms with Crippen LogP contribution in [-0.2, 0) is 10.3 Å². The number of hydrogen-bond donors (Lipinski definition) is 0. The Balaban J connectivity index is 1.37. The smallest absolute Gasteiger partial charge is 0.219 e. The topological polar surface area (TPSA) is 15.5 Å². The van der Waals surface area contributed by atoms with Gasteiger partial charge in [0.05, 0.1) is 5.56 Å². The summed E-state index contributed by atoms with van der Waals surface area (Å²) in [6.07, 6.45) is 23.5. The summed E-state index contributed by atoms with van der Waals surface area (Å²) in [4.78, 5) is 2.53. The van der Waals surface area contributed by atoms with Crippen LogP contribution >= 0.6 is 0 Å². The van der Waals surface area contributed by atoms with E-state index in [4.69, 9.17) is 4.74 Å². The van der Waals surface area contributed by atoms with E-state index in [1.807, 2.05) is 7.11 Å². The third-order valence-corrected chi connectivity index (χ3v) is 10.1. The number of benzene rings is 3. The second kappa shape index (κ2) is 13.4. The predicted molar refractivity (Wildman–Crippen MR) is 179 cm³/mol. The highest BCUT2D eigenvalue weighted by atomic mass is 16.5. The largest absolute Gasteiger partial charge is 0.372 e. The lowest BCUT2D eigenvalue weighted by molar-refractivity contribution is -0.439. The quantitative estimate of drug-likeness (QED) is 0.131. The Morgan fingerprint density at radius 1 is 0.881 bits per heavy atom. The second-order valence-electron chi connectivity index (χ2n) is 12.6. The van der Waals surface area contributed by atoms with Gasteiger partial charge in [-0.15, -0.1) is 0 Å². The summed E-state index contributed by atoms with van der Waals surface area (Å²) in [6.45, 7) is 5.49. The molecule has 0 radical (unpaired) electrons. The molecule has 3 aromatic carbocycles. The first-order chi connectivity index (χ1) is 20.7. The molecule has 3 heteroatoms. The van der Waals surface area contributed by atoms with Gasteiger partial charge in [-0.2, -0.15) is 4.58 Å². The zero-order chi connectivity index (χ0) is 28.8. The molecule has 3 nitrogen and oxygen atoms in total. The van der Waals surface area contributed by atoms with Crippen molar-refractivity contribution in [3.05, 3.63) is 90.0 Å². The zero-order valence-corrected chi connectivity index (χ0v) is 25.9. The average molecular weight is 562 g/mol. The molecule has 1 unspecified atom stereocenters. The van der Waals surface area contributed by atoms with Crippen LogP contribution in [0.3, 0.4) is 0 Å². The molecule has 0 aromatic heterocycles. The number of hydrogen-bond acceptors (Lipinski definition) is 2. The van der Waals surface area contributed by atoms with E-state index in [-0.39, 0.29) is 0 Å². The summed E-state index contributed by atoms with van der Waals surface area (Å²) in [5, 5.41) is 2.57. The van der Waals surface area contributed by atoms with Crippen LogP contribution in [0.1, 0.15) is 88.7 Å². The van der Waals surface area contributed by atoms with Crippen molar-refractivity contribution in [1.82, 2.24) is 0 Å². The molecule has 0 bridgehead atoms. The molecule has 2 heterocycles. The number of allylic oxidation sites excluding steroid dienone is 1. The van der Waals surface area contributed by atoms with Crippen LogP contribution in [0.15, 0.2) is 78.9 Å². The van der Waals surface area contributed by atoms with Gasteiger partial charge in [-0.3, -0.25) is 0 Å². The standard InChI is InChI=1S/C39H49N2O/c1-3-4-27-39(42-2)37(26-21-32-19-23-34(24-20-32)40-28-11-5-12-29-40)41(30-13-10-16-31-14-6-7-15-31)36-25-22-33-17-8-9-18-35(33)38(36)39/h3-4,8-9,17-26,31H,5-7,10-16,27-30H2,1-2H3/q+1/b4-3+. The molecule has 220 valence electrons. The summed E-state index contributed by atoms with van der Waals surface area (Å²) in [5.41, 5.74) is 5.94. The molecular weight excluding hydrogens is 512 g/mol. The molecule has 6 rings (SSSR count). The molecule has 1 atom stereocenters. The summed E-state index contributed by atoms with van der Waals surface area (Å²) in [6, 6.07) is 22.6. The third kappa shape index (κ3) is 5.86. The molecule has 1 saturated heterocycles. The van der Waals surface area contributed by atoms with Gasteiger partial charge in [-0.1, -0.05) is 80.7 Å². The molecule has 0 spiro atoms. The van der Waals surface area contributed by atoms with E-state index in [0.717, 1.165) is 18.9 Å². The van der Waals surface area contributed by atoms with Crippen LogP contribution in [0.2, 0.25) is 0 Å². The number of unbranched alkanes of at least 4 members (excludes halogenated alkanes) is 1. The van der Waals surface area contributed by atoms with Crippen molar-refractivity contribution < 1.29 is 9.31 Å². The number of rotatable bonds is 11. The van der Waals surface area contributed by atoms with Crippen molar-refractivity contribution in [3.63, 3.8) is 0 Å². The molecule has 2 aliphatic heterocycles. The van der Waals surface area contributed by atoms with E-state index in [9.17, 15) is 0 Å². The number of anilines is 1. The maximum Gasteiger partial charge on any atom is 0.219 e. The van der Waals surface area contributed by atoms with Crippen molar-refractivity contribution in [2.24, 2.45) is 5.92 Å². The number of methoxy groups -OCH3 is 1. The minimum absolute atomic E-state index is 0.529. The first kappa shape index (κ1) is 28.9. The first-order valence-electron chi connectivity index (χ1n) is 16.6. The van der Waals surface area contributed by atoms with Crippen molar-refractivity contribution >= 4 is 33.9 Å². The minimum atomic E-state index is -0.529. The summed E-state index contributed by atoms with van der Waals surface area (Å²) in [5.74, 6) is 0.948. The number of ether oxygens (including phenoxy) is 1. The van der Waals surface area contributed by atoms with Crippen LogP contribution in [0.4, 0.5) is 11.4 Å². The molecule has 3 aromatic rings. The lowest BCUT2D eigenvalue weighted by Gasteiger charge is -2.28. The normalized spacial score (nSPS) is 21.4. The SMILES string of the molecule is C/C=C/CC1(OC)C(/C=C/c2ccc(N3CCCCC3)cc2)=[N+](CCCCC2CCCC2)c2ccc3ccccc3c21. The van der Waals surface area contributed by atoms with Gasteiger partial charge in [0.15, 0.2) is 5.60 Å². The third-order valence-electron chi connectivity index (χ3n) is 10.1. The molecule has 42 heavy (non-hydrogen) atoms. The molecule has 0 N–H and O–H groups in total. The van der Waals surface area contributed by atoms with Gasteiger partial charge in [0.25, 0.3) is 0 Å². The molecule has 3 aliphatic rings. The van der Waals surface area contributed by atoms with E-state index in [1.165, 1.54) is 116 Å². The van der Waals surface area contributed by atoms with Gasteiger partial charge in [-0.05, 0) is 79.1 Å². The van der Waals surface area contributed by atoms with Crippen molar-refractivity contribution in [2.45, 2.75) is 83.2 Å². The Labute approximate surface area is 253 Å². The second-order valence-corrected chi connectivity index (χ2v) is 12.6. The fourth-order valence-corrected chi connectivity index (χ4v) is 7.76. The summed E-state index contributed by atoms with van der Waals surface area (Å²) < 4.78 is 9.25. The van der Waals surface area contributed by atoms with Gasteiger partial charge in [0.2, 0.25) is 11.4 Å². The van der Waals surface area contributed by atoms with E-state index < -0.39 is 5.60 Å². The van der Waals surface area contributed by atoms with Crippen LogP contribution in [-0.4, -0.2) is 37.0 Å². The maximum absolute atomic E-state index is 6.66. The number of piperidine rings is 1. The van der Waals surface area contributed by atoms with Crippen molar-refractivity contribution in [2.75, 3.05) is 31.6 Å². The van der Waals surface area contributed by atoms with Crippen LogP contribution in [0, 0.1) is 5.92 Å². The van der Waals surface area contributed by atoms with Crippen LogP contribution in [0.25, 0.3) is 16.8 Å². The molecule has 1 saturated carbocycles. The van der Waals surface area contributed by atoms with Crippen LogP contribution < -0.4 is 4.90 Å². The van der Waals surface area contributed by atoms with E-state index in [2.05, 4.69) is 101 Å². The first-order valence-corrected chi connectivity index (χ1v) is 16.6. The Morgan fingerprint density at radius 2 is 1.67 bits per heavy atom. The Hall–Kier alpha value is -3.17. The van der Waals surface area contributed by atoms with Gasteiger partial charge < -0.3 is 9.64 Å². The molecular formula is C39H49N2O+. The number of fused-ring (bicyclic) bond motifs is 3. The fraction of sp³-hybridized carbons (Fsp3) is 0.462. The zero-order valence-electron chi connectivity index (χ0n) is 25.9.